The Morgan fingerprint density at radius 3 is 2.84 bits per heavy atom. The molecule has 0 atom stereocenters. The number of rotatable bonds is 3. The predicted molar refractivity (Wildman–Crippen MR) is 72.6 cm³/mol. The van der Waals surface area contributed by atoms with Crippen LogP contribution in [0.25, 0.3) is 0 Å². The number of anilines is 1. The zero-order valence-electron chi connectivity index (χ0n) is 10.9. The third kappa shape index (κ3) is 2.65. The number of aromatic nitrogens is 2. The fourth-order valence-electron chi connectivity index (χ4n) is 2.04. The van der Waals surface area contributed by atoms with Gasteiger partial charge in [0.2, 0.25) is 0 Å². The summed E-state index contributed by atoms with van der Waals surface area (Å²) in [5.74, 6) is 1.64. The van der Waals surface area contributed by atoms with Gasteiger partial charge in [-0.05, 0) is 18.2 Å². The summed E-state index contributed by atoms with van der Waals surface area (Å²) in [5, 5.41) is 7.51. The second-order valence-corrected chi connectivity index (χ2v) is 4.51. The van der Waals surface area contributed by atoms with Crippen LogP contribution in [0.3, 0.4) is 0 Å². The third-order valence-electron chi connectivity index (χ3n) is 3.14. The number of nitrogens with one attached hydrogen (secondary N) is 1. The van der Waals surface area contributed by atoms with Crippen LogP contribution in [-0.2, 0) is 13.6 Å². The fraction of sp³-hybridized carbons (Fsp3) is 0.357. The van der Waals surface area contributed by atoms with E-state index in [1.54, 1.807) is 6.20 Å². The van der Waals surface area contributed by atoms with Gasteiger partial charge in [-0.3, -0.25) is 4.68 Å². The number of aryl methyl sites for hydroxylation is 1. The molecule has 1 aromatic heterocycles. The molecular weight excluding hydrogens is 242 g/mol. The van der Waals surface area contributed by atoms with E-state index in [1.807, 2.05) is 36.0 Å². The van der Waals surface area contributed by atoms with Crippen molar-refractivity contribution in [2.75, 3.05) is 18.5 Å². The van der Waals surface area contributed by atoms with Crippen LogP contribution in [0.1, 0.15) is 12.1 Å². The Kier molecular flexibility index (Phi) is 3.27. The van der Waals surface area contributed by atoms with E-state index >= 15 is 0 Å². The maximum absolute atomic E-state index is 5.67. The van der Waals surface area contributed by atoms with Gasteiger partial charge in [-0.15, -0.1) is 0 Å². The van der Waals surface area contributed by atoms with Crippen LogP contribution in [0.15, 0.2) is 30.5 Å². The van der Waals surface area contributed by atoms with Gasteiger partial charge in [0.25, 0.3) is 0 Å². The number of hydrogen-bond donors (Lipinski definition) is 1. The van der Waals surface area contributed by atoms with Crippen molar-refractivity contribution in [3.8, 4) is 11.5 Å². The Morgan fingerprint density at radius 1 is 1.21 bits per heavy atom. The van der Waals surface area contributed by atoms with Crippen molar-refractivity contribution < 1.29 is 9.47 Å². The molecule has 0 unspecified atom stereocenters. The lowest BCUT2D eigenvalue weighted by Crippen LogP contribution is -2.05. The van der Waals surface area contributed by atoms with Gasteiger partial charge in [-0.2, -0.15) is 5.10 Å². The molecule has 5 nitrogen and oxygen atoms in total. The Morgan fingerprint density at radius 2 is 2.05 bits per heavy atom. The van der Waals surface area contributed by atoms with Gasteiger partial charge in [-0.25, -0.2) is 0 Å². The lowest BCUT2D eigenvalue weighted by atomic mass is 10.2. The van der Waals surface area contributed by atoms with E-state index in [1.165, 1.54) is 0 Å². The van der Waals surface area contributed by atoms with Gasteiger partial charge in [-0.1, -0.05) is 0 Å². The minimum absolute atomic E-state index is 0.707. The predicted octanol–water partition coefficient (Wildman–Crippen LogP) is 2.19. The maximum atomic E-state index is 5.67. The summed E-state index contributed by atoms with van der Waals surface area (Å²) in [7, 11) is 1.94. The average molecular weight is 259 g/mol. The Bertz CT molecular complexity index is 566. The standard InChI is InChI=1S/C14H17N3O2/c1-17-12(5-6-16-17)10-15-11-3-4-13-14(9-11)19-8-2-7-18-13/h3-6,9,15H,2,7-8,10H2,1H3. The van der Waals surface area contributed by atoms with Crippen molar-refractivity contribution in [1.29, 1.82) is 0 Å². The molecule has 1 aliphatic rings. The van der Waals surface area contributed by atoms with Gasteiger partial charge < -0.3 is 14.8 Å². The molecule has 0 spiro atoms. The molecular formula is C14H17N3O2. The molecule has 19 heavy (non-hydrogen) atoms. The lowest BCUT2D eigenvalue weighted by Gasteiger charge is -2.11. The van der Waals surface area contributed by atoms with Crippen molar-refractivity contribution in [1.82, 2.24) is 9.78 Å². The monoisotopic (exact) mass is 259 g/mol. The molecule has 0 bridgehead atoms. The van der Waals surface area contributed by atoms with E-state index in [2.05, 4.69) is 10.4 Å². The summed E-state index contributed by atoms with van der Waals surface area (Å²) in [6.07, 6.45) is 2.72. The number of hydrogen-bond acceptors (Lipinski definition) is 4. The summed E-state index contributed by atoms with van der Waals surface area (Å²) in [4.78, 5) is 0. The topological polar surface area (TPSA) is 48.3 Å². The molecule has 0 saturated heterocycles. The van der Waals surface area contributed by atoms with Crippen LogP contribution in [0, 0.1) is 0 Å². The van der Waals surface area contributed by atoms with Crippen LogP contribution in [-0.4, -0.2) is 23.0 Å². The summed E-state index contributed by atoms with van der Waals surface area (Å²) in [6.45, 7) is 2.16. The van der Waals surface area contributed by atoms with Crippen molar-refractivity contribution in [2.24, 2.45) is 7.05 Å². The highest BCUT2D eigenvalue weighted by molar-refractivity contribution is 5.55. The minimum atomic E-state index is 0.707. The Hall–Kier alpha value is -2.17. The number of ether oxygens (including phenoxy) is 2. The zero-order chi connectivity index (χ0) is 13.1. The first-order valence-corrected chi connectivity index (χ1v) is 6.43. The van der Waals surface area contributed by atoms with Crippen molar-refractivity contribution in [2.45, 2.75) is 13.0 Å². The molecule has 5 heteroatoms. The molecule has 3 rings (SSSR count). The van der Waals surface area contributed by atoms with E-state index in [0.29, 0.717) is 6.61 Å². The van der Waals surface area contributed by atoms with Crippen LogP contribution >= 0.6 is 0 Å². The fourth-order valence-corrected chi connectivity index (χ4v) is 2.04. The Balaban J connectivity index is 1.72. The van der Waals surface area contributed by atoms with Crippen LogP contribution in [0.4, 0.5) is 5.69 Å². The van der Waals surface area contributed by atoms with E-state index in [4.69, 9.17) is 9.47 Å². The lowest BCUT2D eigenvalue weighted by molar-refractivity contribution is 0.297. The first-order chi connectivity index (χ1) is 9.33. The molecule has 0 radical (unpaired) electrons. The van der Waals surface area contributed by atoms with Gasteiger partial charge in [0.1, 0.15) is 0 Å². The second kappa shape index (κ2) is 5.22. The molecule has 0 saturated carbocycles. The maximum Gasteiger partial charge on any atom is 0.163 e. The van der Waals surface area contributed by atoms with Gasteiger partial charge in [0, 0.05) is 31.4 Å². The molecule has 1 aromatic carbocycles. The molecule has 0 fully saturated rings. The van der Waals surface area contributed by atoms with Gasteiger partial charge in [0.05, 0.1) is 25.5 Å². The van der Waals surface area contributed by atoms with Gasteiger partial charge >= 0.3 is 0 Å². The SMILES string of the molecule is Cn1nccc1CNc1ccc2c(c1)OCCCO2. The van der Waals surface area contributed by atoms with E-state index in [-0.39, 0.29) is 0 Å². The summed E-state index contributed by atoms with van der Waals surface area (Å²) in [6, 6.07) is 7.93. The zero-order valence-corrected chi connectivity index (χ0v) is 10.9. The van der Waals surface area contributed by atoms with Gasteiger partial charge in [0.15, 0.2) is 11.5 Å². The van der Waals surface area contributed by atoms with E-state index in [9.17, 15) is 0 Å². The summed E-state index contributed by atoms with van der Waals surface area (Å²) >= 11 is 0. The molecule has 0 amide bonds. The molecule has 100 valence electrons. The van der Waals surface area contributed by atoms with Crippen LogP contribution in [0.5, 0.6) is 11.5 Å². The first-order valence-electron chi connectivity index (χ1n) is 6.43. The molecule has 1 N–H and O–H groups in total. The highest BCUT2D eigenvalue weighted by Crippen LogP contribution is 2.32. The Labute approximate surface area is 112 Å². The summed E-state index contributed by atoms with van der Waals surface area (Å²) in [5.41, 5.74) is 2.15. The van der Waals surface area contributed by atoms with Crippen LogP contribution < -0.4 is 14.8 Å². The van der Waals surface area contributed by atoms with Crippen molar-refractivity contribution >= 4 is 5.69 Å². The highest BCUT2D eigenvalue weighted by atomic mass is 16.5. The normalized spacial score (nSPS) is 13.9. The minimum Gasteiger partial charge on any atom is -0.490 e. The van der Waals surface area contributed by atoms with E-state index in [0.717, 1.165) is 42.5 Å². The summed E-state index contributed by atoms with van der Waals surface area (Å²) < 4.78 is 13.1. The van der Waals surface area contributed by atoms with Crippen molar-refractivity contribution in [3.05, 3.63) is 36.2 Å². The molecule has 2 heterocycles. The van der Waals surface area contributed by atoms with E-state index < -0.39 is 0 Å². The quantitative estimate of drug-likeness (QED) is 0.918. The number of benzene rings is 1. The smallest absolute Gasteiger partial charge is 0.163 e. The average Bonchev–Trinajstić information content (AvgIpc) is 2.70. The first kappa shape index (κ1) is 11.9. The third-order valence-corrected chi connectivity index (χ3v) is 3.14. The molecule has 1 aliphatic heterocycles. The largest absolute Gasteiger partial charge is 0.490 e. The highest BCUT2D eigenvalue weighted by Gasteiger charge is 2.10. The second-order valence-electron chi connectivity index (χ2n) is 4.51. The van der Waals surface area contributed by atoms with Crippen molar-refractivity contribution in [3.63, 3.8) is 0 Å². The molecule has 2 aromatic rings. The molecule has 0 aliphatic carbocycles. The van der Waals surface area contributed by atoms with Crippen LogP contribution in [0.2, 0.25) is 0 Å². The number of fused-ring (bicyclic) bond motifs is 1. The number of nitrogens with zero attached hydrogens (tertiary/aromatic N) is 2.